The summed E-state index contributed by atoms with van der Waals surface area (Å²) in [4.78, 5) is 19.6. The van der Waals surface area contributed by atoms with Crippen LogP contribution in [-0.4, -0.2) is 51.8 Å². The summed E-state index contributed by atoms with van der Waals surface area (Å²) >= 11 is 0. The van der Waals surface area contributed by atoms with Crippen molar-refractivity contribution in [3.63, 3.8) is 0 Å². The lowest BCUT2D eigenvalue weighted by atomic mass is 9.67. The van der Waals surface area contributed by atoms with Crippen LogP contribution >= 0.6 is 0 Å². The summed E-state index contributed by atoms with van der Waals surface area (Å²) in [5, 5.41) is 0. The van der Waals surface area contributed by atoms with Crippen LogP contribution in [0.3, 0.4) is 0 Å². The van der Waals surface area contributed by atoms with Crippen molar-refractivity contribution in [2.75, 3.05) is 13.1 Å². The van der Waals surface area contributed by atoms with Gasteiger partial charge in [-0.25, -0.2) is 4.98 Å². The third-order valence-electron chi connectivity index (χ3n) is 7.04. The summed E-state index contributed by atoms with van der Waals surface area (Å²) in [6.45, 7) is 12.1. The van der Waals surface area contributed by atoms with Gasteiger partial charge in [0.05, 0.1) is 17.4 Å². The van der Waals surface area contributed by atoms with E-state index < -0.39 is 0 Å². The molecule has 1 aromatic heterocycles. The molecule has 0 bridgehead atoms. The largest absolute Gasteiger partial charge is 0.461 e. The number of fused-ring (bicyclic) bond motifs is 1. The molecule has 0 radical (unpaired) electrons. The number of imidazole rings is 1. The molecule has 7 heteroatoms. The Bertz CT molecular complexity index is 706. The number of amides is 1. The monoisotopic (exact) mass is 373 g/mol. The van der Waals surface area contributed by atoms with E-state index in [1.807, 2.05) is 4.90 Å². The van der Waals surface area contributed by atoms with Crippen molar-refractivity contribution in [1.82, 2.24) is 14.5 Å². The van der Waals surface area contributed by atoms with Crippen molar-refractivity contribution in [2.24, 2.45) is 0 Å². The van der Waals surface area contributed by atoms with Crippen LogP contribution in [-0.2, 0) is 15.7 Å². The molecule has 0 spiro atoms. The zero-order valence-electron chi connectivity index (χ0n) is 17.3. The van der Waals surface area contributed by atoms with E-state index in [0.717, 1.165) is 56.7 Å². The van der Waals surface area contributed by atoms with Gasteiger partial charge in [0.2, 0.25) is 0 Å². The average molecular weight is 373 g/mol. The second-order valence-corrected chi connectivity index (χ2v) is 9.43. The molecule has 0 N–H and O–H groups in total. The lowest BCUT2D eigenvalue weighted by Crippen LogP contribution is -2.42. The Balaban J connectivity index is 1.40. The van der Waals surface area contributed by atoms with Crippen LogP contribution in [0.15, 0.2) is 6.20 Å². The summed E-state index contributed by atoms with van der Waals surface area (Å²) in [5.74, 6) is 1.52. The number of hydrogen-bond acceptors (Lipinski definition) is 4. The first-order valence-corrected chi connectivity index (χ1v) is 10.4. The Morgan fingerprint density at radius 3 is 2.41 bits per heavy atom. The molecule has 148 valence electrons. The zero-order chi connectivity index (χ0) is 19.4. The Kier molecular flexibility index (Phi) is 4.66. The maximum Gasteiger partial charge on any atom is 0.461 e. The van der Waals surface area contributed by atoms with Crippen molar-refractivity contribution in [3.05, 3.63) is 17.7 Å². The van der Waals surface area contributed by atoms with Crippen LogP contribution in [0.5, 0.6) is 0 Å². The van der Waals surface area contributed by atoms with Gasteiger partial charge in [-0.3, -0.25) is 4.79 Å². The Hall–Kier alpha value is -1.34. The topological polar surface area (TPSA) is 56.6 Å². The number of aryl methyl sites for hydroxylation is 1. The van der Waals surface area contributed by atoms with Crippen LogP contribution < -0.4 is 0 Å². The van der Waals surface area contributed by atoms with Crippen molar-refractivity contribution < 1.29 is 14.1 Å². The molecule has 1 unspecified atom stereocenters. The number of aromatic nitrogens is 2. The number of piperidine rings is 1. The van der Waals surface area contributed by atoms with E-state index in [-0.39, 0.29) is 24.2 Å². The van der Waals surface area contributed by atoms with Gasteiger partial charge in [-0.05, 0) is 66.1 Å². The first-order chi connectivity index (χ1) is 12.7. The van der Waals surface area contributed by atoms with Gasteiger partial charge in [0.25, 0.3) is 5.91 Å². The van der Waals surface area contributed by atoms with Gasteiger partial charge in [-0.15, -0.1) is 0 Å². The number of nitrogens with zero attached hydrogens (tertiary/aromatic N) is 3. The fourth-order valence-electron chi connectivity index (χ4n) is 4.54. The lowest BCUT2D eigenvalue weighted by Gasteiger charge is -2.33. The van der Waals surface area contributed by atoms with E-state index in [9.17, 15) is 4.79 Å². The van der Waals surface area contributed by atoms with Crippen molar-refractivity contribution >= 4 is 13.0 Å². The van der Waals surface area contributed by atoms with Gasteiger partial charge in [-0.1, -0.05) is 0 Å². The molecule has 3 aliphatic rings. The SMILES string of the molecule is CC1CCCc2ncc(C(=O)N3CCC(B4OC(C)(C)C(C)(C)O4)CC3)n21. The first kappa shape index (κ1) is 19.0. The van der Waals surface area contributed by atoms with Crippen LogP contribution in [0, 0.1) is 0 Å². The summed E-state index contributed by atoms with van der Waals surface area (Å²) < 4.78 is 14.6. The van der Waals surface area contributed by atoms with Gasteiger partial charge in [-0.2, -0.15) is 0 Å². The molecule has 4 rings (SSSR count). The van der Waals surface area contributed by atoms with E-state index in [4.69, 9.17) is 9.31 Å². The Morgan fingerprint density at radius 1 is 1.15 bits per heavy atom. The van der Waals surface area contributed by atoms with E-state index in [1.54, 1.807) is 6.20 Å². The van der Waals surface area contributed by atoms with Crippen LogP contribution in [0.4, 0.5) is 0 Å². The van der Waals surface area contributed by atoms with Crippen LogP contribution in [0.1, 0.15) is 82.7 Å². The van der Waals surface area contributed by atoms with Gasteiger partial charge in [0.15, 0.2) is 0 Å². The minimum atomic E-state index is -0.294. The Labute approximate surface area is 162 Å². The number of hydrogen-bond donors (Lipinski definition) is 0. The predicted octanol–water partition coefficient (Wildman–Crippen LogP) is 3.48. The number of carbonyl (C=O) groups is 1. The molecule has 0 aliphatic carbocycles. The highest BCUT2D eigenvalue weighted by Crippen LogP contribution is 2.42. The number of likely N-dealkylation sites (tertiary alicyclic amines) is 1. The molecule has 1 aromatic rings. The normalized spacial score (nSPS) is 27.7. The molecular weight excluding hydrogens is 341 g/mol. The third kappa shape index (κ3) is 3.23. The molecule has 27 heavy (non-hydrogen) atoms. The predicted molar refractivity (Wildman–Crippen MR) is 105 cm³/mol. The lowest BCUT2D eigenvalue weighted by molar-refractivity contribution is 0.00578. The molecule has 0 saturated carbocycles. The number of rotatable bonds is 2. The summed E-state index contributed by atoms with van der Waals surface area (Å²) in [6.07, 6.45) is 6.86. The molecule has 2 saturated heterocycles. The van der Waals surface area contributed by atoms with Gasteiger partial charge >= 0.3 is 7.12 Å². The van der Waals surface area contributed by atoms with Gasteiger partial charge in [0, 0.05) is 25.6 Å². The molecule has 4 heterocycles. The standard InChI is InChI=1S/C20H32BN3O3/c1-14-7-6-8-17-22-13-16(24(14)17)18(25)23-11-9-15(10-12-23)21-26-19(2,3)20(4,5)27-21/h13-15H,6-12H2,1-5H3. The molecule has 1 atom stereocenters. The number of carbonyl (C=O) groups excluding carboxylic acids is 1. The zero-order valence-corrected chi connectivity index (χ0v) is 17.3. The molecular formula is C20H32BN3O3. The summed E-state index contributed by atoms with van der Waals surface area (Å²) in [7, 11) is -0.171. The maximum atomic E-state index is 13.1. The third-order valence-corrected chi connectivity index (χ3v) is 7.04. The fourth-order valence-corrected chi connectivity index (χ4v) is 4.54. The highest BCUT2D eigenvalue weighted by Gasteiger charge is 2.54. The van der Waals surface area contributed by atoms with E-state index in [0.29, 0.717) is 11.9 Å². The second kappa shape index (κ2) is 6.62. The van der Waals surface area contributed by atoms with Crippen molar-refractivity contribution in [1.29, 1.82) is 0 Å². The molecule has 0 aromatic carbocycles. The molecule has 3 aliphatic heterocycles. The van der Waals surface area contributed by atoms with E-state index in [1.165, 1.54) is 0 Å². The van der Waals surface area contributed by atoms with E-state index in [2.05, 4.69) is 44.2 Å². The highest BCUT2D eigenvalue weighted by atomic mass is 16.7. The molecule has 6 nitrogen and oxygen atoms in total. The molecule has 1 amide bonds. The maximum absolute atomic E-state index is 13.1. The highest BCUT2D eigenvalue weighted by molar-refractivity contribution is 6.47. The van der Waals surface area contributed by atoms with Gasteiger partial charge < -0.3 is 18.8 Å². The van der Waals surface area contributed by atoms with Crippen molar-refractivity contribution in [3.8, 4) is 0 Å². The van der Waals surface area contributed by atoms with Crippen LogP contribution in [0.2, 0.25) is 5.82 Å². The summed E-state index contributed by atoms with van der Waals surface area (Å²) in [6, 6.07) is 0.359. The van der Waals surface area contributed by atoms with Crippen molar-refractivity contribution in [2.45, 2.75) is 89.8 Å². The average Bonchev–Trinajstić information content (AvgIpc) is 3.14. The minimum Gasteiger partial charge on any atom is -0.403 e. The smallest absolute Gasteiger partial charge is 0.403 e. The second-order valence-electron chi connectivity index (χ2n) is 9.43. The van der Waals surface area contributed by atoms with Crippen LogP contribution in [0.25, 0.3) is 0 Å². The summed E-state index contributed by atoms with van der Waals surface area (Å²) in [5.41, 5.74) is 0.167. The Morgan fingerprint density at radius 2 is 1.78 bits per heavy atom. The molecule has 2 fully saturated rings. The first-order valence-electron chi connectivity index (χ1n) is 10.4. The minimum absolute atomic E-state index is 0.120. The van der Waals surface area contributed by atoms with Gasteiger partial charge in [0.1, 0.15) is 11.5 Å². The van der Waals surface area contributed by atoms with E-state index >= 15 is 0 Å². The quantitative estimate of drug-likeness (QED) is 0.745. The fraction of sp³-hybridized carbons (Fsp3) is 0.800.